The topological polar surface area (TPSA) is 60.6 Å². The van der Waals surface area contributed by atoms with E-state index in [1.54, 1.807) is 0 Å². The molecule has 0 amide bonds. The molecule has 0 unspecified atom stereocenters. The molecule has 2 aromatic carbocycles. The molecule has 3 aromatic rings. The number of nitrogens with zero attached hydrogens (tertiary/aromatic N) is 3. The number of hydrogen-bond acceptors (Lipinski definition) is 6. The van der Waals surface area contributed by atoms with Crippen molar-refractivity contribution in [2.45, 2.75) is 20.4 Å². The second kappa shape index (κ2) is 8.68. The lowest BCUT2D eigenvalue weighted by Gasteiger charge is -2.11. The molecule has 6 nitrogen and oxygen atoms in total. The Morgan fingerprint density at radius 2 is 1.70 bits per heavy atom. The van der Waals surface area contributed by atoms with E-state index in [9.17, 15) is 0 Å². The monoisotopic (exact) mass is 367 g/mol. The fourth-order valence-corrected chi connectivity index (χ4v) is 2.82. The van der Waals surface area contributed by atoms with Gasteiger partial charge >= 0.3 is 0 Å². The van der Waals surface area contributed by atoms with Crippen LogP contribution in [0.3, 0.4) is 0 Å². The summed E-state index contributed by atoms with van der Waals surface area (Å²) in [7, 11) is 4.09. The largest absolute Gasteiger partial charge is 0.490 e. The second-order valence-corrected chi connectivity index (χ2v) is 6.39. The van der Waals surface area contributed by atoms with Crippen LogP contribution in [0.25, 0.3) is 22.8 Å². The van der Waals surface area contributed by atoms with Gasteiger partial charge in [-0.1, -0.05) is 23.4 Å². The number of aromatic nitrogens is 2. The highest BCUT2D eigenvalue weighted by molar-refractivity contribution is 5.63. The molecular weight excluding hydrogens is 342 g/mol. The Morgan fingerprint density at radius 1 is 0.926 bits per heavy atom. The minimum absolute atomic E-state index is 0.451. The lowest BCUT2D eigenvalue weighted by atomic mass is 10.1. The van der Waals surface area contributed by atoms with Gasteiger partial charge in [-0.2, -0.15) is 4.98 Å². The van der Waals surface area contributed by atoms with Gasteiger partial charge in [-0.15, -0.1) is 0 Å². The van der Waals surface area contributed by atoms with Crippen molar-refractivity contribution in [2.24, 2.45) is 0 Å². The highest BCUT2D eigenvalue weighted by atomic mass is 16.5. The molecule has 0 saturated heterocycles. The first-order chi connectivity index (χ1) is 13.1. The molecule has 0 spiro atoms. The Labute approximate surface area is 159 Å². The number of rotatable bonds is 8. The van der Waals surface area contributed by atoms with Gasteiger partial charge in [0, 0.05) is 17.7 Å². The van der Waals surface area contributed by atoms with Crippen molar-refractivity contribution < 1.29 is 14.0 Å². The van der Waals surface area contributed by atoms with E-state index in [0.717, 1.165) is 17.7 Å². The second-order valence-electron chi connectivity index (χ2n) is 6.39. The normalized spacial score (nSPS) is 11.0. The quantitative estimate of drug-likeness (QED) is 0.593. The number of benzene rings is 2. The van der Waals surface area contributed by atoms with Crippen LogP contribution in [0, 0.1) is 0 Å². The summed E-state index contributed by atoms with van der Waals surface area (Å²) in [6.45, 7) is 5.87. The van der Waals surface area contributed by atoms with Gasteiger partial charge in [0.1, 0.15) is 0 Å². The fourth-order valence-electron chi connectivity index (χ4n) is 2.82. The lowest BCUT2D eigenvalue weighted by Crippen LogP contribution is -2.10. The Hall–Kier alpha value is -2.86. The third-order valence-electron chi connectivity index (χ3n) is 3.90. The van der Waals surface area contributed by atoms with Crippen molar-refractivity contribution in [3.05, 3.63) is 48.0 Å². The molecule has 0 N–H and O–H groups in total. The fraction of sp³-hybridized carbons (Fsp3) is 0.333. The molecule has 6 heteroatoms. The van der Waals surface area contributed by atoms with E-state index in [1.807, 2.05) is 58.3 Å². The summed E-state index contributed by atoms with van der Waals surface area (Å²) >= 11 is 0. The van der Waals surface area contributed by atoms with Crippen molar-refractivity contribution in [1.29, 1.82) is 0 Å². The van der Waals surface area contributed by atoms with Crippen LogP contribution in [-0.4, -0.2) is 42.3 Å². The summed E-state index contributed by atoms with van der Waals surface area (Å²) in [5.74, 6) is 2.40. The Kier molecular flexibility index (Phi) is 6.08. The molecule has 0 atom stereocenters. The zero-order valence-electron chi connectivity index (χ0n) is 16.2. The summed E-state index contributed by atoms with van der Waals surface area (Å²) in [4.78, 5) is 6.68. The van der Waals surface area contributed by atoms with Crippen LogP contribution in [0.5, 0.6) is 11.5 Å². The van der Waals surface area contributed by atoms with E-state index < -0.39 is 0 Å². The molecule has 0 radical (unpaired) electrons. The predicted octanol–water partition coefficient (Wildman–Crippen LogP) is 4.26. The Bertz CT molecular complexity index is 890. The summed E-state index contributed by atoms with van der Waals surface area (Å²) in [5, 5.41) is 4.15. The maximum atomic E-state index is 5.68. The van der Waals surface area contributed by atoms with Gasteiger partial charge in [-0.05, 0) is 57.8 Å². The zero-order valence-corrected chi connectivity index (χ0v) is 16.2. The molecule has 0 bridgehead atoms. The maximum absolute atomic E-state index is 5.68. The third-order valence-corrected chi connectivity index (χ3v) is 3.90. The van der Waals surface area contributed by atoms with E-state index in [1.165, 1.54) is 5.56 Å². The van der Waals surface area contributed by atoms with Crippen LogP contribution >= 0.6 is 0 Å². The highest BCUT2D eigenvalue weighted by Crippen LogP contribution is 2.33. The molecule has 0 fully saturated rings. The van der Waals surface area contributed by atoms with Crippen LogP contribution in [0.4, 0.5) is 0 Å². The summed E-state index contributed by atoms with van der Waals surface area (Å²) in [5.41, 5.74) is 2.92. The van der Waals surface area contributed by atoms with Gasteiger partial charge in [-0.25, -0.2) is 0 Å². The molecule has 0 aliphatic heterocycles. The van der Waals surface area contributed by atoms with E-state index in [4.69, 9.17) is 14.0 Å². The molecule has 1 heterocycles. The van der Waals surface area contributed by atoms with E-state index in [-0.39, 0.29) is 0 Å². The van der Waals surface area contributed by atoms with Gasteiger partial charge in [0.15, 0.2) is 11.5 Å². The van der Waals surface area contributed by atoms with E-state index in [2.05, 4.69) is 27.2 Å². The van der Waals surface area contributed by atoms with E-state index >= 15 is 0 Å². The van der Waals surface area contributed by atoms with Crippen molar-refractivity contribution in [3.8, 4) is 34.3 Å². The maximum Gasteiger partial charge on any atom is 0.258 e. The van der Waals surface area contributed by atoms with Gasteiger partial charge in [0.25, 0.3) is 5.89 Å². The van der Waals surface area contributed by atoms with Gasteiger partial charge in [0.2, 0.25) is 5.82 Å². The number of hydrogen-bond donors (Lipinski definition) is 0. The Morgan fingerprint density at radius 3 is 2.44 bits per heavy atom. The third kappa shape index (κ3) is 4.65. The minimum atomic E-state index is 0.451. The van der Waals surface area contributed by atoms with Gasteiger partial charge in [-0.3, -0.25) is 0 Å². The molecule has 0 saturated carbocycles. The van der Waals surface area contributed by atoms with Crippen molar-refractivity contribution in [3.63, 3.8) is 0 Å². The van der Waals surface area contributed by atoms with Crippen molar-refractivity contribution in [1.82, 2.24) is 15.0 Å². The van der Waals surface area contributed by atoms with E-state index in [0.29, 0.717) is 36.4 Å². The standard InChI is InChI=1S/C21H25N3O3/c1-5-25-18-11-10-17(13-19(18)26-6-2)21-22-20(23-27-21)16-9-7-8-15(12-16)14-24(3)4/h7-13H,5-6,14H2,1-4H3. The average Bonchev–Trinajstić information content (AvgIpc) is 3.13. The summed E-state index contributed by atoms with van der Waals surface area (Å²) in [6.07, 6.45) is 0. The smallest absolute Gasteiger partial charge is 0.258 e. The van der Waals surface area contributed by atoms with Crippen LogP contribution in [-0.2, 0) is 6.54 Å². The molecule has 1 aromatic heterocycles. The summed E-state index contributed by atoms with van der Waals surface area (Å²) in [6, 6.07) is 13.8. The number of ether oxygens (including phenoxy) is 2. The Balaban J connectivity index is 1.88. The average molecular weight is 367 g/mol. The first-order valence-corrected chi connectivity index (χ1v) is 9.08. The van der Waals surface area contributed by atoms with Crippen LogP contribution < -0.4 is 9.47 Å². The summed E-state index contributed by atoms with van der Waals surface area (Å²) < 4.78 is 16.8. The molecule has 3 rings (SSSR count). The first-order valence-electron chi connectivity index (χ1n) is 9.08. The molecular formula is C21H25N3O3. The molecule has 27 heavy (non-hydrogen) atoms. The first kappa shape index (κ1) is 18.9. The van der Waals surface area contributed by atoms with Crippen LogP contribution in [0.1, 0.15) is 19.4 Å². The molecule has 142 valence electrons. The lowest BCUT2D eigenvalue weighted by molar-refractivity contribution is 0.288. The van der Waals surface area contributed by atoms with Crippen LogP contribution in [0.15, 0.2) is 47.0 Å². The van der Waals surface area contributed by atoms with Crippen molar-refractivity contribution in [2.75, 3.05) is 27.3 Å². The molecule has 0 aliphatic rings. The predicted molar refractivity (Wildman–Crippen MR) is 105 cm³/mol. The van der Waals surface area contributed by atoms with Crippen molar-refractivity contribution >= 4 is 0 Å². The van der Waals surface area contributed by atoms with Gasteiger partial charge in [0.05, 0.1) is 13.2 Å². The SMILES string of the molecule is CCOc1ccc(-c2nc(-c3cccc(CN(C)C)c3)no2)cc1OCC. The molecule has 0 aliphatic carbocycles. The van der Waals surface area contributed by atoms with Gasteiger partial charge < -0.3 is 18.9 Å². The minimum Gasteiger partial charge on any atom is -0.490 e. The zero-order chi connectivity index (χ0) is 19.2. The van der Waals surface area contributed by atoms with Crippen LogP contribution in [0.2, 0.25) is 0 Å². The highest BCUT2D eigenvalue weighted by Gasteiger charge is 2.14.